The van der Waals surface area contributed by atoms with Crippen LogP contribution in [0.15, 0.2) is 79.4 Å². The van der Waals surface area contributed by atoms with E-state index in [1.165, 1.54) is 0 Å². The Labute approximate surface area is 167 Å². The van der Waals surface area contributed by atoms with Gasteiger partial charge < -0.3 is 4.74 Å². The highest BCUT2D eigenvalue weighted by Gasteiger charge is 2.13. The first-order chi connectivity index (χ1) is 14.3. The lowest BCUT2D eigenvalue weighted by atomic mass is 10.00. The number of hydrogen-bond acceptors (Lipinski definition) is 5. The molecule has 140 valence electrons. The van der Waals surface area contributed by atoms with Gasteiger partial charge in [-0.2, -0.15) is 5.10 Å². The average Bonchev–Trinajstić information content (AvgIpc) is 3.29. The maximum absolute atomic E-state index is 5.27. The van der Waals surface area contributed by atoms with E-state index in [9.17, 15) is 0 Å². The number of fused-ring (bicyclic) bond motifs is 1. The van der Waals surface area contributed by atoms with Gasteiger partial charge in [-0.05, 0) is 54.1 Å². The third-order valence-electron chi connectivity index (χ3n) is 4.87. The van der Waals surface area contributed by atoms with Crippen LogP contribution >= 0.6 is 0 Å². The van der Waals surface area contributed by atoms with Crippen molar-refractivity contribution in [3.05, 3.63) is 79.4 Å². The summed E-state index contributed by atoms with van der Waals surface area (Å²) in [4.78, 5) is 13.4. The normalized spacial score (nSPS) is 10.9. The highest BCUT2D eigenvalue weighted by molar-refractivity contribution is 5.96. The van der Waals surface area contributed by atoms with Gasteiger partial charge in [-0.15, -0.1) is 0 Å². The first kappa shape index (κ1) is 17.1. The maximum Gasteiger partial charge on any atom is 0.118 e. The van der Waals surface area contributed by atoms with Gasteiger partial charge in [-0.25, -0.2) is 9.97 Å². The van der Waals surface area contributed by atoms with Gasteiger partial charge in [0.25, 0.3) is 0 Å². The van der Waals surface area contributed by atoms with Crippen molar-refractivity contribution in [3.8, 4) is 39.5 Å². The van der Waals surface area contributed by atoms with Gasteiger partial charge >= 0.3 is 0 Å². The summed E-state index contributed by atoms with van der Waals surface area (Å²) >= 11 is 0. The van der Waals surface area contributed by atoms with E-state index < -0.39 is 0 Å². The Kier molecular flexibility index (Phi) is 4.22. The molecule has 3 aromatic heterocycles. The minimum atomic E-state index is 0.811. The van der Waals surface area contributed by atoms with Crippen molar-refractivity contribution in [1.82, 2.24) is 25.1 Å². The zero-order valence-corrected chi connectivity index (χ0v) is 15.7. The Morgan fingerprint density at radius 3 is 2.52 bits per heavy atom. The molecular formula is C23H17N5O. The van der Waals surface area contributed by atoms with E-state index in [1.54, 1.807) is 19.6 Å². The largest absolute Gasteiger partial charge is 0.497 e. The predicted octanol–water partition coefficient (Wildman–Crippen LogP) is 4.76. The van der Waals surface area contributed by atoms with Crippen LogP contribution in [0.1, 0.15) is 0 Å². The van der Waals surface area contributed by atoms with Crippen molar-refractivity contribution in [1.29, 1.82) is 0 Å². The zero-order valence-electron chi connectivity index (χ0n) is 15.7. The number of hydrogen-bond donors (Lipinski definition) is 1. The van der Waals surface area contributed by atoms with Crippen molar-refractivity contribution in [2.45, 2.75) is 0 Å². The molecule has 0 aliphatic rings. The first-order valence-corrected chi connectivity index (χ1v) is 9.18. The number of methoxy groups -OCH3 is 1. The van der Waals surface area contributed by atoms with Crippen LogP contribution in [0.5, 0.6) is 5.75 Å². The Morgan fingerprint density at radius 1 is 0.862 bits per heavy atom. The number of nitrogens with zero attached hydrogens (tertiary/aromatic N) is 4. The molecule has 0 aliphatic heterocycles. The SMILES string of the molecule is COc1ccc(-c2ncnc3ccc(-c4cn[nH]c4-c4ccccn4)cc23)cc1. The zero-order chi connectivity index (χ0) is 19.6. The Morgan fingerprint density at radius 2 is 1.72 bits per heavy atom. The van der Waals surface area contributed by atoms with Crippen LogP contribution in [0.3, 0.4) is 0 Å². The Hall–Kier alpha value is -4.06. The summed E-state index contributed by atoms with van der Waals surface area (Å²) in [6.45, 7) is 0. The number of benzene rings is 2. The Bertz CT molecular complexity index is 1280. The lowest BCUT2D eigenvalue weighted by Crippen LogP contribution is -1.91. The topological polar surface area (TPSA) is 76.6 Å². The van der Waals surface area contributed by atoms with Gasteiger partial charge in [0.05, 0.1) is 35.9 Å². The highest BCUT2D eigenvalue weighted by atomic mass is 16.5. The van der Waals surface area contributed by atoms with Gasteiger partial charge in [0, 0.05) is 22.7 Å². The summed E-state index contributed by atoms with van der Waals surface area (Å²) < 4.78 is 5.27. The lowest BCUT2D eigenvalue weighted by molar-refractivity contribution is 0.415. The molecule has 0 amide bonds. The molecule has 1 N–H and O–H groups in total. The second kappa shape index (κ2) is 7.16. The van der Waals surface area contributed by atoms with Crippen LogP contribution < -0.4 is 4.74 Å². The van der Waals surface area contributed by atoms with E-state index in [-0.39, 0.29) is 0 Å². The summed E-state index contributed by atoms with van der Waals surface area (Å²) in [6.07, 6.45) is 5.19. The molecule has 29 heavy (non-hydrogen) atoms. The fourth-order valence-electron chi connectivity index (χ4n) is 3.41. The van der Waals surface area contributed by atoms with Crippen molar-refractivity contribution < 1.29 is 4.74 Å². The molecular weight excluding hydrogens is 362 g/mol. The first-order valence-electron chi connectivity index (χ1n) is 9.18. The van der Waals surface area contributed by atoms with Crippen LogP contribution in [0.4, 0.5) is 0 Å². The maximum atomic E-state index is 5.27. The van der Waals surface area contributed by atoms with E-state index in [1.807, 2.05) is 60.8 Å². The van der Waals surface area contributed by atoms with E-state index in [4.69, 9.17) is 4.74 Å². The van der Waals surface area contributed by atoms with Crippen molar-refractivity contribution >= 4 is 10.9 Å². The summed E-state index contributed by atoms with van der Waals surface area (Å²) in [5.41, 5.74) is 6.51. The fourth-order valence-corrected chi connectivity index (χ4v) is 3.41. The molecule has 2 aromatic carbocycles. The quantitative estimate of drug-likeness (QED) is 0.487. The standard InChI is InChI=1S/C23H17N5O/c1-29-17-8-5-15(6-9-17)22-18-12-16(7-10-20(18)25-14-26-22)19-13-27-28-23(19)21-4-2-3-11-24-21/h2-14H,1H3,(H,27,28). The van der Waals surface area contributed by atoms with E-state index >= 15 is 0 Å². The van der Waals surface area contributed by atoms with Gasteiger partial charge in [-0.1, -0.05) is 12.1 Å². The number of aromatic nitrogens is 5. The molecule has 0 saturated carbocycles. The van der Waals surface area contributed by atoms with Gasteiger partial charge in [0.2, 0.25) is 0 Å². The van der Waals surface area contributed by atoms with Crippen molar-refractivity contribution in [2.75, 3.05) is 7.11 Å². The van der Waals surface area contributed by atoms with E-state index in [0.717, 1.165) is 50.4 Å². The van der Waals surface area contributed by atoms with Gasteiger partial charge in [0.15, 0.2) is 0 Å². The third kappa shape index (κ3) is 3.10. The number of H-pyrrole nitrogens is 1. The van der Waals surface area contributed by atoms with Crippen LogP contribution in [0.2, 0.25) is 0 Å². The molecule has 6 heteroatoms. The number of ether oxygens (including phenoxy) is 1. The second-order valence-corrected chi connectivity index (χ2v) is 6.56. The third-order valence-corrected chi connectivity index (χ3v) is 4.87. The molecule has 0 aliphatic carbocycles. The molecule has 0 unspecified atom stereocenters. The summed E-state index contributed by atoms with van der Waals surface area (Å²) in [5, 5.41) is 8.29. The van der Waals surface area contributed by atoms with Crippen LogP contribution in [0.25, 0.3) is 44.7 Å². The molecule has 0 spiro atoms. The van der Waals surface area contributed by atoms with Crippen LogP contribution in [-0.2, 0) is 0 Å². The minimum Gasteiger partial charge on any atom is -0.497 e. The molecule has 0 fully saturated rings. The van der Waals surface area contributed by atoms with Crippen molar-refractivity contribution in [2.24, 2.45) is 0 Å². The average molecular weight is 379 g/mol. The molecule has 0 bridgehead atoms. The highest BCUT2D eigenvalue weighted by Crippen LogP contribution is 2.33. The second-order valence-electron chi connectivity index (χ2n) is 6.56. The molecule has 5 aromatic rings. The smallest absolute Gasteiger partial charge is 0.118 e. The van der Waals surface area contributed by atoms with Gasteiger partial charge in [-0.3, -0.25) is 10.1 Å². The Balaban J connectivity index is 1.66. The number of pyridine rings is 1. The molecule has 0 saturated heterocycles. The fraction of sp³-hybridized carbons (Fsp3) is 0.0435. The van der Waals surface area contributed by atoms with E-state index in [0.29, 0.717) is 0 Å². The molecule has 5 rings (SSSR count). The predicted molar refractivity (Wildman–Crippen MR) is 112 cm³/mol. The monoisotopic (exact) mass is 379 g/mol. The van der Waals surface area contributed by atoms with E-state index in [2.05, 4.69) is 31.2 Å². The molecule has 3 heterocycles. The minimum absolute atomic E-state index is 0.811. The number of nitrogens with one attached hydrogen (secondary N) is 1. The summed E-state index contributed by atoms with van der Waals surface area (Å²) in [6, 6.07) is 19.9. The molecule has 0 radical (unpaired) electrons. The lowest BCUT2D eigenvalue weighted by Gasteiger charge is -2.09. The van der Waals surface area contributed by atoms with Crippen molar-refractivity contribution in [3.63, 3.8) is 0 Å². The summed E-state index contributed by atoms with van der Waals surface area (Å²) in [7, 11) is 1.66. The van der Waals surface area contributed by atoms with Crippen LogP contribution in [0, 0.1) is 0 Å². The number of aromatic amines is 1. The van der Waals surface area contributed by atoms with Crippen LogP contribution in [-0.4, -0.2) is 32.3 Å². The van der Waals surface area contributed by atoms with Gasteiger partial charge in [0.1, 0.15) is 12.1 Å². The molecule has 6 nitrogen and oxygen atoms in total. The summed E-state index contributed by atoms with van der Waals surface area (Å²) in [5.74, 6) is 0.811. The number of rotatable bonds is 4. The molecule has 0 atom stereocenters.